The van der Waals surface area contributed by atoms with Crippen molar-refractivity contribution in [1.29, 1.82) is 0 Å². The first-order chi connectivity index (χ1) is 11.8. The lowest BCUT2D eigenvalue weighted by molar-refractivity contribution is 0.225. The smallest absolute Gasteiger partial charge is 0.142 e. The Labute approximate surface area is 150 Å². The third kappa shape index (κ3) is 9.85. The molecule has 1 aromatic rings. The topological polar surface area (TPSA) is 35.2 Å². The van der Waals surface area contributed by atoms with Crippen LogP contribution in [0, 0.1) is 5.92 Å². The summed E-state index contributed by atoms with van der Waals surface area (Å²) in [4.78, 5) is 0. The summed E-state index contributed by atoms with van der Waals surface area (Å²) >= 11 is 0. The number of hydrogen-bond acceptors (Lipinski definition) is 2. The summed E-state index contributed by atoms with van der Waals surface area (Å²) in [5.74, 6) is 1.52. The van der Waals surface area contributed by atoms with Crippen molar-refractivity contribution in [3.8, 4) is 5.75 Å². The third-order valence-electron chi connectivity index (χ3n) is 4.83. The standard InChI is InChI=1S/C22H39NO/c1-3-5-7-9-10-12-16-20(15-11-8-6-4-2)19-24-22-18-14-13-17-21(22)23/h13-14,17-18,20H,3-12,15-16,19,23H2,1-2H3. The minimum Gasteiger partial charge on any atom is -0.491 e. The molecule has 0 saturated heterocycles. The summed E-state index contributed by atoms with van der Waals surface area (Å²) in [7, 11) is 0. The Morgan fingerprint density at radius 1 is 0.792 bits per heavy atom. The van der Waals surface area contributed by atoms with Gasteiger partial charge in [0.15, 0.2) is 0 Å². The maximum absolute atomic E-state index is 6.03. The summed E-state index contributed by atoms with van der Waals surface area (Å²) in [5.41, 5.74) is 6.74. The van der Waals surface area contributed by atoms with Crippen molar-refractivity contribution in [1.82, 2.24) is 0 Å². The molecule has 138 valence electrons. The Morgan fingerprint density at radius 2 is 1.33 bits per heavy atom. The summed E-state index contributed by atoms with van der Waals surface area (Å²) in [6.45, 7) is 5.36. The van der Waals surface area contributed by atoms with Gasteiger partial charge < -0.3 is 10.5 Å². The highest BCUT2D eigenvalue weighted by molar-refractivity contribution is 5.51. The zero-order valence-corrected chi connectivity index (χ0v) is 16.1. The number of benzene rings is 1. The normalized spacial score (nSPS) is 12.2. The van der Waals surface area contributed by atoms with Gasteiger partial charge in [-0.1, -0.05) is 90.2 Å². The van der Waals surface area contributed by atoms with Gasteiger partial charge in [0, 0.05) is 0 Å². The molecule has 1 unspecified atom stereocenters. The van der Waals surface area contributed by atoms with E-state index in [9.17, 15) is 0 Å². The van der Waals surface area contributed by atoms with Crippen molar-refractivity contribution in [3.05, 3.63) is 24.3 Å². The van der Waals surface area contributed by atoms with Gasteiger partial charge >= 0.3 is 0 Å². The highest BCUT2D eigenvalue weighted by atomic mass is 16.5. The Morgan fingerprint density at radius 3 is 1.96 bits per heavy atom. The fourth-order valence-electron chi connectivity index (χ4n) is 3.20. The van der Waals surface area contributed by atoms with E-state index in [1.807, 2.05) is 24.3 Å². The second-order valence-corrected chi connectivity index (χ2v) is 7.12. The molecule has 2 N–H and O–H groups in total. The zero-order valence-electron chi connectivity index (χ0n) is 16.1. The molecule has 0 aromatic heterocycles. The molecule has 1 atom stereocenters. The number of hydrogen-bond donors (Lipinski definition) is 1. The summed E-state index contributed by atoms with van der Waals surface area (Å²) < 4.78 is 6.03. The van der Waals surface area contributed by atoms with Crippen LogP contribution in [-0.4, -0.2) is 6.61 Å². The van der Waals surface area contributed by atoms with Gasteiger partial charge in [0.1, 0.15) is 5.75 Å². The number of anilines is 1. The van der Waals surface area contributed by atoms with Crippen LogP contribution < -0.4 is 10.5 Å². The van der Waals surface area contributed by atoms with Gasteiger partial charge in [0.25, 0.3) is 0 Å². The van der Waals surface area contributed by atoms with Crippen molar-refractivity contribution < 1.29 is 4.74 Å². The fourth-order valence-corrected chi connectivity index (χ4v) is 3.20. The Bertz CT molecular complexity index is 405. The first-order valence-electron chi connectivity index (χ1n) is 10.2. The molecule has 1 rings (SSSR count). The number of rotatable bonds is 15. The molecule has 0 amide bonds. The van der Waals surface area contributed by atoms with Gasteiger partial charge in [0.2, 0.25) is 0 Å². The molecule has 24 heavy (non-hydrogen) atoms. The Kier molecular flexibility index (Phi) is 12.3. The van der Waals surface area contributed by atoms with Gasteiger partial charge in [-0.2, -0.15) is 0 Å². The molecule has 0 heterocycles. The van der Waals surface area contributed by atoms with Crippen LogP contribution in [0.2, 0.25) is 0 Å². The van der Waals surface area contributed by atoms with E-state index in [0.717, 1.165) is 18.0 Å². The molecule has 2 heteroatoms. The average Bonchev–Trinajstić information content (AvgIpc) is 2.60. The van der Waals surface area contributed by atoms with Crippen LogP contribution in [0.25, 0.3) is 0 Å². The number of ether oxygens (including phenoxy) is 1. The highest BCUT2D eigenvalue weighted by Crippen LogP contribution is 2.24. The largest absolute Gasteiger partial charge is 0.491 e. The van der Waals surface area contributed by atoms with E-state index in [4.69, 9.17) is 10.5 Å². The van der Waals surface area contributed by atoms with Crippen LogP contribution in [0.5, 0.6) is 5.75 Å². The average molecular weight is 334 g/mol. The van der Waals surface area contributed by atoms with E-state index < -0.39 is 0 Å². The lowest BCUT2D eigenvalue weighted by Crippen LogP contribution is -2.13. The number of nitrogen functional groups attached to an aromatic ring is 1. The maximum atomic E-state index is 6.03. The molecule has 0 saturated carbocycles. The van der Waals surface area contributed by atoms with Gasteiger partial charge in [0.05, 0.1) is 12.3 Å². The van der Waals surface area contributed by atoms with Gasteiger partial charge in [-0.15, -0.1) is 0 Å². The monoisotopic (exact) mass is 333 g/mol. The van der Waals surface area contributed by atoms with Crippen LogP contribution >= 0.6 is 0 Å². The second kappa shape index (κ2) is 14.2. The van der Waals surface area contributed by atoms with E-state index in [-0.39, 0.29) is 0 Å². The Balaban J connectivity index is 2.32. The SMILES string of the molecule is CCCCCCCCC(CCCCCC)COc1ccccc1N. The van der Waals surface area contributed by atoms with Crippen molar-refractivity contribution in [2.24, 2.45) is 5.92 Å². The predicted molar refractivity (Wildman–Crippen MR) is 107 cm³/mol. The van der Waals surface area contributed by atoms with E-state index in [1.54, 1.807) is 0 Å². The quantitative estimate of drug-likeness (QED) is 0.277. The number of para-hydroxylation sites is 2. The first-order valence-corrected chi connectivity index (χ1v) is 10.2. The summed E-state index contributed by atoms with van der Waals surface area (Å²) in [6, 6.07) is 7.85. The number of nitrogens with two attached hydrogens (primary N) is 1. The molecule has 0 aliphatic carbocycles. The van der Waals surface area contributed by atoms with Crippen LogP contribution in [-0.2, 0) is 0 Å². The minimum atomic E-state index is 0.674. The maximum Gasteiger partial charge on any atom is 0.142 e. The van der Waals surface area contributed by atoms with Crippen molar-refractivity contribution in [2.45, 2.75) is 90.9 Å². The molecular formula is C22H39NO. The molecule has 0 bridgehead atoms. The first kappa shape index (κ1) is 20.9. The van der Waals surface area contributed by atoms with E-state index in [2.05, 4.69) is 13.8 Å². The van der Waals surface area contributed by atoms with E-state index in [0.29, 0.717) is 5.92 Å². The van der Waals surface area contributed by atoms with E-state index >= 15 is 0 Å². The lowest BCUT2D eigenvalue weighted by atomic mass is 9.95. The van der Waals surface area contributed by atoms with Gasteiger partial charge in [-0.05, 0) is 30.9 Å². The fraction of sp³-hybridized carbons (Fsp3) is 0.727. The molecule has 0 spiro atoms. The minimum absolute atomic E-state index is 0.674. The van der Waals surface area contributed by atoms with Crippen LogP contribution in [0.4, 0.5) is 5.69 Å². The summed E-state index contributed by atoms with van der Waals surface area (Å²) in [5, 5.41) is 0. The van der Waals surface area contributed by atoms with Crippen molar-refractivity contribution in [2.75, 3.05) is 12.3 Å². The lowest BCUT2D eigenvalue weighted by Gasteiger charge is -2.18. The van der Waals surface area contributed by atoms with Crippen LogP contribution in [0.3, 0.4) is 0 Å². The molecule has 0 aliphatic heterocycles. The van der Waals surface area contributed by atoms with Gasteiger partial charge in [-0.25, -0.2) is 0 Å². The molecule has 0 radical (unpaired) electrons. The predicted octanol–water partition coefficient (Wildman–Crippen LogP) is 6.98. The Hall–Kier alpha value is -1.18. The van der Waals surface area contributed by atoms with Crippen LogP contribution in [0.1, 0.15) is 90.9 Å². The third-order valence-corrected chi connectivity index (χ3v) is 4.83. The second-order valence-electron chi connectivity index (χ2n) is 7.12. The van der Waals surface area contributed by atoms with Crippen molar-refractivity contribution >= 4 is 5.69 Å². The molecular weight excluding hydrogens is 294 g/mol. The molecule has 2 nitrogen and oxygen atoms in total. The highest BCUT2D eigenvalue weighted by Gasteiger charge is 2.11. The number of unbranched alkanes of at least 4 members (excludes halogenated alkanes) is 8. The van der Waals surface area contributed by atoms with Gasteiger partial charge in [-0.3, -0.25) is 0 Å². The zero-order chi connectivity index (χ0) is 17.5. The molecule has 0 aliphatic rings. The van der Waals surface area contributed by atoms with Crippen molar-refractivity contribution in [3.63, 3.8) is 0 Å². The molecule has 0 fully saturated rings. The molecule has 1 aromatic carbocycles. The van der Waals surface area contributed by atoms with E-state index in [1.165, 1.54) is 77.0 Å². The van der Waals surface area contributed by atoms with Crippen LogP contribution in [0.15, 0.2) is 24.3 Å². The summed E-state index contributed by atoms with van der Waals surface area (Å²) in [6.07, 6.45) is 16.2.